The molecule has 17 aromatic rings. The van der Waals surface area contributed by atoms with Crippen LogP contribution in [0.15, 0.2) is 285 Å². The van der Waals surface area contributed by atoms with Gasteiger partial charge in [0.1, 0.15) is 0 Å². The number of anilines is 3. The lowest BCUT2D eigenvalue weighted by atomic mass is 9.33. The molecule has 2 aliphatic rings. The predicted octanol–water partition coefficient (Wildman–Crippen LogP) is 25.0. The van der Waals surface area contributed by atoms with Crippen molar-refractivity contribution in [3.8, 4) is 62.6 Å². The van der Waals surface area contributed by atoms with Crippen molar-refractivity contribution < 1.29 is 8.22 Å². The van der Waals surface area contributed by atoms with E-state index in [0.29, 0.717) is 5.69 Å². The molecule has 0 aliphatic carbocycles. The van der Waals surface area contributed by atoms with Crippen LogP contribution in [-0.4, -0.2) is 20.4 Å². The highest BCUT2D eigenvalue weighted by atomic mass is 15.2. The third-order valence-electron chi connectivity index (χ3n) is 22.9. The maximum Gasteiger partial charge on any atom is 0.252 e. The van der Waals surface area contributed by atoms with Crippen molar-refractivity contribution in [1.82, 2.24) is 13.7 Å². The van der Waals surface area contributed by atoms with E-state index in [4.69, 9.17) is 0 Å². The van der Waals surface area contributed by atoms with Crippen LogP contribution in [0.25, 0.3) is 137 Å². The average Bonchev–Trinajstić information content (AvgIpc) is 1.65. The number of hydrogen-bond donors (Lipinski definition) is 0. The summed E-state index contributed by atoms with van der Waals surface area (Å²) in [5, 5.41) is 30.1. The van der Waals surface area contributed by atoms with E-state index >= 15 is 0 Å². The zero-order valence-corrected chi connectivity index (χ0v) is 63.4. The topological polar surface area (TPSA) is 65.6 Å². The van der Waals surface area contributed by atoms with Gasteiger partial charge in [-0.1, -0.05) is 271 Å². The first-order chi connectivity index (χ1) is 55.0. The van der Waals surface area contributed by atoms with Gasteiger partial charge in [0, 0.05) is 71.7 Å². The Morgan fingerprint density at radius 2 is 0.761 bits per heavy atom. The van der Waals surface area contributed by atoms with Gasteiger partial charge in [-0.3, -0.25) is 0 Å². The van der Waals surface area contributed by atoms with Crippen molar-refractivity contribution in [2.75, 3.05) is 4.90 Å². The predicted molar refractivity (Wildman–Crippen MR) is 462 cm³/mol. The fraction of sp³-hybridized carbons (Fsp3) is 0.157. The van der Waals surface area contributed by atoms with Gasteiger partial charge in [0.25, 0.3) is 6.71 Å². The Bertz CT molecular complexity index is 7060. The Morgan fingerprint density at radius 1 is 0.312 bits per heavy atom. The summed E-state index contributed by atoms with van der Waals surface area (Å²) < 4.78 is 66.6. The molecule has 0 fully saturated rings. The molecule has 0 radical (unpaired) electrons. The molecule has 0 saturated carbocycles. The van der Waals surface area contributed by atoms with Gasteiger partial charge < -0.3 is 18.6 Å². The van der Waals surface area contributed by atoms with Crippen molar-refractivity contribution in [3.05, 3.63) is 318 Å². The molecule has 0 N–H and O–H groups in total. The van der Waals surface area contributed by atoms with E-state index in [0.717, 1.165) is 143 Å². The molecular formula is C102H83BN6. The van der Waals surface area contributed by atoms with E-state index in [1.165, 1.54) is 22.3 Å². The fourth-order valence-corrected chi connectivity index (χ4v) is 17.4. The Kier molecular flexibility index (Phi) is 13.5. The summed E-state index contributed by atoms with van der Waals surface area (Å²) in [7, 11) is 0. The summed E-state index contributed by atoms with van der Waals surface area (Å²) in [6.07, 6.45) is 0. The van der Waals surface area contributed by atoms with E-state index in [9.17, 15) is 18.7 Å². The summed E-state index contributed by atoms with van der Waals surface area (Å²) in [5.41, 5.74) is 20.6. The molecular weight excluding hydrogens is 1320 g/mol. The van der Waals surface area contributed by atoms with Crippen molar-refractivity contribution in [2.45, 2.75) is 105 Å². The minimum Gasteiger partial charge on any atom is -0.310 e. The molecule has 0 amide bonds. The summed E-state index contributed by atoms with van der Waals surface area (Å²) >= 11 is 0. The molecule has 0 unspecified atom stereocenters. The highest BCUT2D eigenvalue weighted by Gasteiger charge is 2.44. The summed E-state index contributed by atoms with van der Waals surface area (Å²) in [6, 6.07) is 92.5. The molecule has 5 heterocycles. The van der Waals surface area contributed by atoms with Crippen molar-refractivity contribution in [2.24, 2.45) is 0 Å². The molecule has 2 aliphatic heterocycles. The second-order valence-corrected chi connectivity index (χ2v) is 33.9. The van der Waals surface area contributed by atoms with Gasteiger partial charge >= 0.3 is 0 Å². The number of benzene rings is 14. The molecule has 6 nitrogen and oxygen atoms in total. The first-order valence-corrected chi connectivity index (χ1v) is 37.8. The summed E-state index contributed by atoms with van der Waals surface area (Å²) in [4.78, 5) is 2.45. The number of rotatable bonds is 6. The van der Waals surface area contributed by atoms with Crippen LogP contribution in [-0.2, 0) is 21.7 Å². The van der Waals surface area contributed by atoms with E-state index in [2.05, 4.69) is 346 Å². The van der Waals surface area contributed by atoms with Crippen LogP contribution in [0.2, 0.25) is 0 Å². The van der Waals surface area contributed by atoms with Crippen LogP contribution < -0.4 is 21.3 Å². The Hall–Kier alpha value is -12.7. The van der Waals surface area contributed by atoms with E-state index < -0.39 is 43.0 Å². The van der Waals surface area contributed by atoms with Crippen LogP contribution >= 0.6 is 0 Å². The Morgan fingerprint density at radius 3 is 1.28 bits per heavy atom. The standard InChI is InChI=1S/C102H83BN6/c1-99(2,3)68-40-46-91-83(55-68)84-56-69(100(4,5)6)41-47-92(84)106(91)72-42-43-86-93(57-72)109(97-74(64-26-15-13-16-27-64)35-25-36-75(97)65-28-17-14-18-29-65)95-59-73(107-89-44-38-62(60-104)48-81(89)82-49-63(61-105)39-45-90(82)107)58-94-96(95)103(86)87-53-67(66-50-70(101(7,8)9)54-71(51-66)102(10,11)12)52-85-79-33-22-20-31-77(79)76-30-19-21-32-78(76)80-34-23-24-37-88(80)108(94)98(85)87/h13-59H,1-12H3/i38D,39D,44D,45D,48D,49D. The number of nitriles is 2. The smallest absolute Gasteiger partial charge is 0.252 e. The van der Waals surface area contributed by atoms with Crippen LogP contribution in [0, 0.1) is 22.7 Å². The average molecular weight is 1410 g/mol. The molecule has 0 atom stereocenters. The maximum atomic E-state index is 10.9. The van der Waals surface area contributed by atoms with E-state index in [1.54, 1.807) is 4.57 Å². The highest BCUT2D eigenvalue weighted by Crippen LogP contribution is 2.52. The molecule has 524 valence electrons. The Labute approximate surface area is 646 Å². The van der Waals surface area contributed by atoms with Crippen molar-refractivity contribution in [1.29, 1.82) is 10.5 Å². The lowest BCUT2D eigenvalue weighted by Gasteiger charge is -2.43. The van der Waals surface area contributed by atoms with Crippen LogP contribution in [0.4, 0.5) is 17.1 Å². The monoisotopic (exact) mass is 1410 g/mol. The van der Waals surface area contributed by atoms with Gasteiger partial charge in [-0.25, -0.2) is 0 Å². The van der Waals surface area contributed by atoms with Gasteiger partial charge in [-0.15, -0.1) is 0 Å². The third kappa shape index (κ3) is 10.6. The van der Waals surface area contributed by atoms with Gasteiger partial charge in [-0.2, -0.15) is 10.5 Å². The lowest BCUT2D eigenvalue weighted by molar-refractivity contribution is 0.569. The van der Waals surface area contributed by atoms with Crippen LogP contribution in [0.1, 0.15) is 125 Å². The number of para-hydroxylation sites is 2. The normalized spacial score (nSPS) is 13.7. The van der Waals surface area contributed by atoms with Crippen molar-refractivity contribution >= 4 is 127 Å². The minimum atomic E-state index is -0.585. The molecule has 3 aromatic heterocycles. The summed E-state index contributed by atoms with van der Waals surface area (Å²) in [5.74, 6) is 0. The molecule has 0 spiro atoms. The van der Waals surface area contributed by atoms with Gasteiger partial charge in [0.05, 0.1) is 70.4 Å². The molecule has 7 heteroatoms. The number of nitrogens with zero attached hydrogens (tertiary/aromatic N) is 6. The van der Waals surface area contributed by atoms with Crippen LogP contribution in [0.3, 0.4) is 0 Å². The second-order valence-electron chi connectivity index (χ2n) is 33.9. The molecule has 14 aromatic carbocycles. The molecule has 19 rings (SSSR count). The van der Waals surface area contributed by atoms with Gasteiger partial charge in [0.2, 0.25) is 0 Å². The largest absolute Gasteiger partial charge is 0.310 e. The molecule has 0 bridgehead atoms. The quantitative estimate of drug-likeness (QED) is 0.156. The van der Waals surface area contributed by atoms with Crippen molar-refractivity contribution in [3.63, 3.8) is 0 Å². The molecule has 109 heavy (non-hydrogen) atoms. The first-order valence-electron chi connectivity index (χ1n) is 40.8. The van der Waals surface area contributed by atoms with E-state index in [-0.39, 0.29) is 54.6 Å². The number of hydrogen-bond acceptors (Lipinski definition) is 3. The number of aromatic nitrogens is 3. The first kappa shape index (κ1) is 60.5. The number of fused-ring (bicyclic) bond motifs is 17. The maximum absolute atomic E-state index is 10.9. The molecule has 0 saturated heterocycles. The lowest BCUT2D eigenvalue weighted by Crippen LogP contribution is -2.60. The zero-order chi connectivity index (χ0) is 80.1. The highest BCUT2D eigenvalue weighted by molar-refractivity contribution is 7.00. The SMILES string of the molecule is [2H]c1c(C#N)c([2H])c2c3c([2H])c(C#N)c([2H])c([2H])c3n(-c3cc4c5c(c3)-n3c6ccccc6c6ccccc6c6ccccc6c6cc(-c7cc(C(C)(C)C)cc(C(C)(C)C)c7)cc(c63)B5c3ccc(-n5c6ccc(C(C)(C)C)cc6c6cc(C(C)(C)C)ccc65)cc3N4c3c(-c4ccccc4)cccc3-c3ccccc3)c2c1[2H]. The van der Waals surface area contributed by atoms with Crippen LogP contribution in [0.5, 0.6) is 0 Å². The Balaban J connectivity index is 1.09. The van der Waals surface area contributed by atoms with Gasteiger partial charge in [0.15, 0.2) is 0 Å². The third-order valence-corrected chi connectivity index (χ3v) is 22.9. The van der Waals surface area contributed by atoms with E-state index in [1.807, 2.05) is 12.1 Å². The fourth-order valence-electron chi connectivity index (χ4n) is 17.4. The zero-order valence-electron chi connectivity index (χ0n) is 69.4. The minimum absolute atomic E-state index is 0.0131. The summed E-state index contributed by atoms with van der Waals surface area (Å²) in [6.45, 7) is 26.8. The van der Waals surface area contributed by atoms with Gasteiger partial charge in [-0.05, 0) is 201 Å². The second kappa shape index (κ2) is 24.4.